The Labute approximate surface area is 98.7 Å². The van der Waals surface area contributed by atoms with Crippen LogP contribution in [0.4, 0.5) is 11.4 Å². The van der Waals surface area contributed by atoms with Crippen LogP contribution in [-0.4, -0.2) is 19.6 Å². The average molecular weight is 218 g/mol. The fourth-order valence-electron chi connectivity index (χ4n) is 2.40. The fourth-order valence-corrected chi connectivity index (χ4v) is 2.40. The maximum Gasteiger partial charge on any atom is 0.0374 e. The lowest BCUT2D eigenvalue weighted by Crippen LogP contribution is -2.24. The third-order valence-corrected chi connectivity index (χ3v) is 3.27. The van der Waals surface area contributed by atoms with E-state index in [0.717, 1.165) is 19.6 Å². The molecule has 2 rings (SSSR count). The van der Waals surface area contributed by atoms with Crippen molar-refractivity contribution in [2.24, 2.45) is 0 Å². The standard InChI is InChI=1S/C14H22N2/c1-3-10-16(4-2)13-7-8-14-12(11-13)6-5-9-15-14/h7-8,11,15H,3-6,9-10H2,1-2H3. The Bertz CT molecular complexity index is 347. The van der Waals surface area contributed by atoms with Crippen molar-refractivity contribution in [2.75, 3.05) is 29.9 Å². The molecule has 0 radical (unpaired) electrons. The highest BCUT2D eigenvalue weighted by Gasteiger charge is 2.10. The van der Waals surface area contributed by atoms with Crippen LogP contribution in [0.5, 0.6) is 0 Å². The van der Waals surface area contributed by atoms with Gasteiger partial charge >= 0.3 is 0 Å². The number of hydrogen-bond acceptors (Lipinski definition) is 2. The number of aryl methyl sites for hydroxylation is 1. The molecule has 1 aliphatic rings. The van der Waals surface area contributed by atoms with Gasteiger partial charge in [-0.3, -0.25) is 0 Å². The molecule has 0 atom stereocenters. The van der Waals surface area contributed by atoms with E-state index in [-0.39, 0.29) is 0 Å². The van der Waals surface area contributed by atoms with Crippen molar-refractivity contribution in [2.45, 2.75) is 33.1 Å². The quantitative estimate of drug-likeness (QED) is 0.834. The average Bonchev–Trinajstić information content (AvgIpc) is 2.35. The molecule has 0 amide bonds. The monoisotopic (exact) mass is 218 g/mol. The first-order valence-corrected chi connectivity index (χ1v) is 6.47. The van der Waals surface area contributed by atoms with Gasteiger partial charge in [-0.15, -0.1) is 0 Å². The molecule has 0 unspecified atom stereocenters. The molecule has 88 valence electrons. The van der Waals surface area contributed by atoms with Gasteiger partial charge in [0, 0.05) is 31.0 Å². The van der Waals surface area contributed by atoms with Gasteiger partial charge in [-0.05, 0) is 49.9 Å². The Balaban J connectivity index is 2.21. The van der Waals surface area contributed by atoms with Crippen molar-refractivity contribution in [3.05, 3.63) is 23.8 Å². The number of nitrogens with zero attached hydrogens (tertiary/aromatic N) is 1. The number of fused-ring (bicyclic) bond motifs is 1. The molecule has 0 saturated carbocycles. The van der Waals surface area contributed by atoms with Gasteiger partial charge in [0.15, 0.2) is 0 Å². The Hall–Kier alpha value is -1.18. The summed E-state index contributed by atoms with van der Waals surface area (Å²) in [6.45, 7) is 7.84. The van der Waals surface area contributed by atoms with Crippen molar-refractivity contribution in [1.29, 1.82) is 0 Å². The molecule has 1 aromatic carbocycles. The molecule has 0 fully saturated rings. The van der Waals surface area contributed by atoms with Gasteiger partial charge in [0.05, 0.1) is 0 Å². The zero-order chi connectivity index (χ0) is 11.4. The third kappa shape index (κ3) is 2.31. The van der Waals surface area contributed by atoms with Crippen LogP contribution in [0.3, 0.4) is 0 Å². The Morgan fingerprint density at radius 3 is 2.94 bits per heavy atom. The predicted molar refractivity (Wildman–Crippen MR) is 71.4 cm³/mol. The predicted octanol–water partition coefficient (Wildman–Crippen LogP) is 3.28. The third-order valence-electron chi connectivity index (χ3n) is 3.27. The Morgan fingerprint density at radius 1 is 1.31 bits per heavy atom. The summed E-state index contributed by atoms with van der Waals surface area (Å²) in [6, 6.07) is 6.85. The van der Waals surface area contributed by atoms with E-state index in [9.17, 15) is 0 Å². The second kappa shape index (κ2) is 5.24. The first kappa shape index (κ1) is 11.3. The van der Waals surface area contributed by atoms with E-state index in [1.807, 2.05) is 0 Å². The van der Waals surface area contributed by atoms with Gasteiger partial charge in [-0.25, -0.2) is 0 Å². The van der Waals surface area contributed by atoms with Gasteiger partial charge in [0.1, 0.15) is 0 Å². The molecule has 0 spiro atoms. The van der Waals surface area contributed by atoms with Crippen molar-refractivity contribution in [3.8, 4) is 0 Å². The lowest BCUT2D eigenvalue weighted by molar-refractivity contribution is 0.786. The molecular formula is C14H22N2. The molecule has 16 heavy (non-hydrogen) atoms. The van der Waals surface area contributed by atoms with E-state index in [1.165, 1.54) is 36.2 Å². The van der Waals surface area contributed by atoms with Crippen LogP contribution in [0, 0.1) is 0 Å². The summed E-state index contributed by atoms with van der Waals surface area (Å²) >= 11 is 0. The van der Waals surface area contributed by atoms with Gasteiger partial charge in [-0.1, -0.05) is 6.92 Å². The summed E-state index contributed by atoms with van der Waals surface area (Å²) in [5.74, 6) is 0. The minimum absolute atomic E-state index is 1.10. The summed E-state index contributed by atoms with van der Waals surface area (Å²) in [5, 5.41) is 3.46. The first-order chi connectivity index (χ1) is 7.85. The summed E-state index contributed by atoms with van der Waals surface area (Å²) < 4.78 is 0. The highest BCUT2D eigenvalue weighted by atomic mass is 15.1. The molecule has 1 aliphatic heterocycles. The zero-order valence-corrected chi connectivity index (χ0v) is 10.4. The number of rotatable bonds is 4. The van der Waals surface area contributed by atoms with Crippen molar-refractivity contribution in [3.63, 3.8) is 0 Å². The zero-order valence-electron chi connectivity index (χ0n) is 10.4. The molecule has 0 aromatic heterocycles. The first-order valence-electron chi connectivity index (χ1n) is 6.47. The topological polar surface area (TPSA) is 15.3 Å². The number of anilines is 2. The Kier molecular flexibility index (Phi) is 3.70. The largest absolute Gasteiger partial charge is 0.385 e. The van der Waals surface area contributed by atoms with Crippen molar-refractivity contribution >= 4 is 11.4 Å². The second-order valence-electron chi connectivity index (χ2n) is 4.45. The van der Waals surface area contributed by atoms with E-state index >= 15 is 0 Å². The minimum Gasteiger partial charge on any atom is -0.385 e. The molecule has 0 saturated heterocycles. The van der Waals surface area contributed by atoms with Crippen LogP contribution in [0.1, 0.15) is 32.3 Å². The van der Waals surface area contributed by atoms with Crippen LogP contribution in [0.25, 0.3) is 0 Å². The van der Waals surface area contributed by atoms with E-state index in [2.05, 4.69) is 42.3 Å². The molecule has 2 nitrogen and oxygen atoms in total. The van der Waals surface area contributed by atoms with Crippen LogP contribution < -0.4 is 10.2 Å². The maximum absolute atomic E-state index is 3.46. The highest BCUT2D eigenvalue weighted by molar-refractivity contribution is 5.61. The van der Waals surface area contributed by atoms with Gasteiger partial charge < -0.3 is 10.2 Å². The lowest BCUT2D eigenvalue weighted by atomic mass is 10.0. The summed E-state index contributed by atoms with van der Waals surface area (Å²) in [7, 11) is 0. The van der Waals surface area contributed by atoms with Gasteiger partial charge in [0.2, 0.25) is 0 Å². The number of hydrogen-bond donors (Lipinski definition) is 1. The SMILES string of the molecule is CCCN(CC)c1ccc2c(c1)CCCN2. The van der Waals surface area contributed by atoms with Gasteiger partial charge in [-0.2, -0.15) is 0 Å². The second-order valence-corrected chi connectivity index (χ2v) is 4.45. The Morgan fingerprint density at radius 2 is 2.19 bits per heavy atom. The van der Waals surface area contributed by atoms with E-state index < -0.39 is 0 Å². The maximum atomic E-state index is 3.46. The van der Waals surface area contributed by atoms with Crippen molar-refractivity contribution < 1.29 is 0 Å². The molecule has 2 heteroatoms. The van der Waals surface area contributed by atoms with Crippen molar-refractivity contribution in [1.82, 2.24) is 0 Å². The smallest absolute Gasteiger partial charge is 0.0374 e. The number of nitrogens with one attached hydrogen (secondary N) is 1. The van der Waals surface area contributed by atoms with Crippen LogP contribution in [0.2, 0.25) is 0 Å². The minimum atomic E-state index is 1.10. The number of benzene rings is 1. The molecule has 1 N–H and O–H groups in total. The fraction of sp³-hybridized carbons (Fsp3) is 0.571. The molecule has 1 aromatic rings. The summed E-state index contributed by atoms with van der Waals surface area (Å²) in [4.78, 5) is 2.45. The molecule has 0 bridgehead atoms. The molecule has 1 heterocycles. The lowest BCUT2D eigenvalue weighted by Gasteiger charge is -2.25. The van der Waals surface area contributed by atoms with Crippen LogP contribution >= 0.6 is 0 Å². The summed E-state index contributed by atoms with van der Waals surface area (Å²) in [5.41, 5.74) is 4.20. The van der Waals surface area contributed by atoms with Crippen LogP contribution in [-0.2, 0) is 6.42 Å². The normalized spacial score (nSPS) is 14.1. The summed E-state index contributed by atoms with van der Waals surface area (Å²) in [6.07, 6.45) is 3.69. The highest BCUT2D eigenvalue weighted by Crippen LogP contribution is 2.27. The molecule has 0 aliphatic carbocycles. The van der Waals surface area contributed by atoms with E-state index in [1.54, 1.807) is 0 Å². The van der Waals surface area contributed by atoms with E-state index in [0.29, 0.717) is 0 Å². The van der Waals surface area contributed by atoms with Crippen LogP contribution in [0.15, 0.2) is 18.2 Å². The van der Waals surface area contributed by atoms with E-state index in [4.69, 9.17) is 0 Å². The molecular weight excluding hydrogens is 196 g/mol. The van der Waals surface area contributed by atoms with Gasteiger partial charge in [0.25, 0.3) is 0 Å².